The maximum Gasteiger partial charge on any atom is 0.278 e. The minimum atomic E-state index is -3.88. The van der Waals surface area contributed by atoms with E-state index in [2.05, 4.69) is 15.9 Å². The van der Waals surface area contributed by atoms with E-state index in [0.29, 0.717) is 15.9 Å². The van der Waals surface area contributed by atoms with Crippen LogP contribution in [0.1, 0.15) is 37.8 Å². The molecule has 0 saturated heterocycles. The van der Waals surface area contributed by atoms with Gasteiger partial charge in [0, 0.05) is 31.3 Å². The van der Waals surface area contributed by atoms with Gasteiger partial charge in [-0.05, 0) is 36.1 Å². The lowest BCUT2D eigenvalue weighted by molar-refractivity contribution is -0.595. The molecule has 0 radical (unpaired) electrons. The molecule has 1 aliphatic carbocycles. The smallest absolute Gasteiger partial charge is 0.278 e. The van der Waals surface area contributed by atoms with Crippen molar-refractivity contribution in [2.75, 3.05) is 5.75 Å². The summed E-state index contributed by atoms with van der Waals surface area (Å²) in [6.45, 7) is 2.23. The quantitative estimate of drug-likeness (QED) is 0.211. The molecule has 1 aromatic carbocycles. The molecule has 1 aliphatic rings. The fraction of sp³-hybridized carbons (Fsp3) is 0.296. The second-order valence-electron chi connectivity index (χ2n) is 9.42. The number of nitrogens with zero attached hydrogens (tertiary/aromatic N) is 4. The number of alkyl halides is 2. The molecular formula is C27H24F2N4O3S. The average molecular weight is 523 g/mol. The van der Waals surface area contributed by atoms with Gasteiger partial charge in [-0.3, -0.25) is 0 Å². The predicted octanol–water partition coefficient (Wildman–Crippen LogP) is 4.51. The van der Waals surface area contributed by atoms with E-state index < -0.39 is 15.8 Å². The van der Waals surface area contributed by atoms with Crippen LogP contribution in [0.3, 0.4) is 0 Å². The second kappa shape index (κ2) is 8.35. The number of aryl methyl sites for hydroxylation is 1. The van der Waals surface area contributed by atoms with Gasteiger partial charge in [0.2, 0.25) is 5.82 Å². The van der Waals surface area contributed by atoms with Crippen molar-refractivity contribution in [3.05, 3.63) is 65.1 Å². The maximum atomic E-state index is 13.8. The van der Waals surface area contributed by atoms with Crippen LogP contribution in [-0.2, 0) is 28.2 Å². The highest BCUT2D eigenvalue weighted by Gasteiger charge is 2.42. The molecule has 10 heteroatoms. The third-order valence-corrected chi connectivity index (χ3v) is 8.68. The minimum Gasteiger partial charge on any atom is -0.618 e. The van der Waals surface area contributed by atoms with E-state index >= 15 is 0 Å². The summed E-state index contributed by atoms with van der Waals surface area (Å²) in [7, 11) is -2.33. The monoisotopic (exact) mass is 522 g/mol. The van der Waals surface area contributed by atoms with E-state index in [1.165, 1.54) is 29.8 Å². The molecule has 0 atom stereocenters. The van der Waals surface area contributed by atoms with Gasteiger partial charge in [-0.2, -0.15) is 4.73 Å². The Morgan fingerprint density at radius 2 is 1.89 bits per heavy atom. The molecule has 0 spiro atoms. The summed E-state index contributed by atoms with van der Waals surface area (Å²) >= 11 is 0. The SMILES string of the molecule is C#CC1(c2ccc(-c3cc(S(=O)(=O)CC)c(-c4nc5cc(C(C)(F)F)cnc5n4C)[n+]([O-])c3)cc2)CC1. The molecule has 5 rings (SSSR count). The number of hydrogen-bond acceptors (Lipinski definition) is 5. The number of terminal acetylenes is 1. The number of fused-ring (bicyclic) bond motifs is 1. The van der Waals surface area contributed by atoms with Gasteiger partial charge in [0.15, 0.2) is 21.7 Å². The van der Waals surface area contributed by atoms with Crippen LogP contribution >= 0.6 is 0 Å². The number of hydrogen-bond donors (Lipinski definition) is 0. The Morgan fingerprint density at radius 1 is 1.22 bits per heavy atom. The maximum absolute atomic E-state index is 13.8. The molecule has 0 aliphatic heterocycles. The number of benzene rings is 1. The first-order valence-electron chi connectivity index (χ1n) is 11.7. The lowest BCUT2D eigenvalue weighted by Crippen LogP contribution is -2.32. The number of halogens is 2. The number of aromatic nitrogens is 4. The highest BCUT2D eigenvalue weighted by atomic mass is 32.2. The summed E-state index contributed by atoms with van der Waals surface area (Å²) in [4.78, 5) is 8.23. The van der Waals surface area contributed by atoms with Crippen molar-refractivity contribution >= 4 is 21.0 Å². The number of rotatable bonds is 6. The molecule has 37 heavy (non-hydrogen) atoms. The summed E-state index contributed by atoms with van der Waals surface area (Å²) in [5.74, 6) is -0.538. The topological polar surface area (TPSA) is 91.8 Å². The van der Waals surface area contributed by atoms with Crippen molar-refractivity contribution in [3.8, 4) is 35.0 Å². The van der Waals surface area contributed by atoms with E-state index in [1.54, 1.807) is 7.05 Å². The Morgan fingerprint density at radius 3 is 2.46 bits per heavy atom. The van der Waals surface area contributed by atoms with Gasteiger partial charge in [0.1, 0.15) is 10.4 Å². The van der Waals surface area contributed by atoms with E-state index in [-0.39, 0.29) is 44.3 Å². The van der Waals surface area contributed by atoms with Gasteiger partial charge in [-0.15, -0.1) is 6.42 Å². The molecule has 3 heterocycles. The molecule has 4 aromatic rings. The average Bonchev–Trinajstić information content (AvgIpc) is 3.61. The standard InChI is InChI=1S/C27H24F2N4O3S/c1-5-27(11-12-27)19-9-7-17(8-10-19)18-13-22(37(35,36)6-2)23(33(34)16-18)25-31-21-14-20(26(3,28)29)15-30-24(21)32(25)4/h1,7-10,13-16H,6,11-12H2,2-4H3. The first kappa shape index (κ1) is 24.8. The molecule has 0 unspecified atom stereocenters. The van der Waals surface area contributed by atoms with E-state index in [9.17, 15) is 22.4 Å². The van der Waals surface area contributed by atoms with E-state index in [0.717, 1.165) is 31.5 Å². The van der Waals surface area contributed by atoms with Crippen molar-refractivity contribution in [1.82, 2.24) is 14.5 Å². The Kier molecular flexibility index (Phi) is 5.60. The molecule has 1 saturated carbocycles. The van der Waals surface area contributed by atoms with Gasteiger partial charge in [-0.1, -0.05) is 37.1 Å². The first-order chi connectivity index (χ1) is 17.4. The van der Waals surface area contributed by atoms with Crippen LogP contribution in [0.4, 0.5) is 8.78 Å². The van der Waals surface area contributed by atoms with Crippen molar-refractivity contribution in [2.45, 2.75) is 42.9 Å². The Hall–Kier alpha value is -3.84. The molecule has 1 fully saturated rings. The normalized spacial score (nSPS) is 15.0. The predicted molar refractivity (Wildman–Crippen MR) is 135 cm³/mol. The van der Waals surface area contributed by atoms with Crippen molar-refractivity contribution in [1.29, 1.82) is 0 Å². The van der Waals surface area contributed by atoms with Gasteiger partial charge in [0.25, 0.3) is 11.6 Å². The van der Waals surface area contributed by atoms with Crippen LogP contribution in [-0.4, -0.2) is 28.7 Å². The van der Waals surface area contributed by atoms with Gasteiger partial charge >= 0.3 is 0 Å². The van der Waals surface area contributed by atoms with Gasteiger partial charge in [-0.25, -0.2) is 27.2 Å². The summed E-state index contributed by atoms with van der Waals surface area (Å²) < 4.78 is 55.9. The lowest BCUT2D eigenvalue weighted by Gasteiger charge is -2.13. The van der Waals surface area contributed by atoms with Crippen molar-refractivity contribution < 1.29 is 21.9 Å². The van der Waals surface area contributed by atoms with Crippen LogP contribution in [0.15, 0.2) is 53.7 Å². The lowest BCUT2D eigenvalue weighted by atomic mass is 9.95. The number of imidazole rings is 1. The van der Waals surface area contributed by atoms with E-state index in [1.807, 2.05) is 24.3 Å². The number of sulfone groups is 1. The third-order valence-electron chi connectivity index (χ3n) is 6.94. The van der Waals surface area contributed by atoms with E-state index in [4.69, 9.17) is 6.42 Å². The summed E-state index contributed by atoms with van der Waals surface area (Å²) in [5.41, 5.74) is 1.66. The summed E-state index contributed by atoms with van der Waals surface area (Å²) in [5, 5.41) is 13.4. The molecule has 7 nitrogen and oxygen atoms in total. The molecule has 3 aromatic heterocycles. The Balaban J connectivity index is 1.68. The molecule has 190 valence electrons. The van der Waals surface area contributed by atoms with Crippen LogP contribution in [0.25, 0.3) is 33.8 Å². The van der Waals surface area contributed by atoms with Gasteiger partial charge in [0.05, 0.1) is 11.2 Å². The highest BCUT2D eigenvalue weighted by Crippen LogP contribution is 2.47. The first-order valence-corrected chi connectivity index (χ1v) is 13.4. The summed E-state index contributed by atoms with van der Waals surface area (Å²) in [6.07, 6.45) is 9.85. The molecule has 0 N–H and O–H groups in total. The Bertz CT molecular complexity index is 1690. The zero-order chi connectivity index (χ0) is 26.8. The largest absolute Gasteiger partial charge is 0.618 e. The van der Waals surface area contributed by atoms with Gasteiger partial charge < -0.3 is 9.77 Å². The minimum absolute atomic E-state index is 0.00712. The highest BCUT2D eigenvalue weighted by molar-refractivity contribution is 7.91. The second-order valence-corrected chi connectivity index (χ2v) is 11.7. The fourth-order valence-electron chi connectivity index (χ4n) is 4.46. The van der Waals surface area contributed by atoms with Crippen molar-refractivity contribution in [3.63, 3.8) is 0 Å². The third kappa shape index (κ3) is 4.13. The zero-order valence-electron chi connectivity index (χ0n) is 20.5. The Labute approximate surface area is 213 Å². The van der Waals surface area contributed by atoms with Crippen LogP contribution in [0, 0.1) is 17.6 Å². The zero-order valence-corrected chi connectivity index (χ0v) is 21.3. The summed E-state index contributed by atoms with van der Waals surface area (Å²) in [6, 6.07) is 10.1. The molecular weight excluding hydrogens is 498 g/mol. The molecule has 0 bridgehead atoms. The fourth-order valence-corrected chi connectivity index (χ4v) is 5.55. The van der Waals surface area contributed by atoms with Crippen LogP contribution in [0.5, 0.6) is 0 Å². The number of pyridine rings is 2. The van der Waals surface area contributed by atoms with Crippen molar-refractivity contribution in [2.24, 2.45) is 7.05 Å². The van der Waals surface area contributed by atoms with Crippen LogP contribution in [0.2, 0.25) is 0 Å². The van der Waals surface area contributed by atoms with Crippen LogP contribution < -0.4 is 4.73 Å². The molecule has 0 amide bonds.